The zero-order valence-corrected chi connectivity index (χ0v) is 14.0. The molecule has 1 heteroatoms. The van der Waals surface area contributed by atoms with E-state index < -0.39 is 0 Å². The third-order valence-electron chi connectivity index (χ3n) is 5.63. The minimum absolute atomic E-state index is 0.0247. The number of ketones is 1. The van der Waals surface area contributed by atoms with Gasteiger partial charge in [0.2, 0.25) is 0 Å². The van der Waals surface area contributed by atoms with Gasteiger partial charge in [-0.3, -0.25) is 4.79 Å². The second kappa shape index (κ2) is 8.76. The maximum Gasteiger partial charge on any atom is 0.146 e. The summed E-state index contributed by atoms with van der Waals surface area (Å²) < 4.78 is 0. The third kappa shape index (κ3) is 4.69. The van der Waals surface area contributed by atoms with E-state index >= 15 is 0 Å². The molecule has 1 fully saturated rings. The summed E-state index contributed by atoms with van der Waals surface area (Å²) in [5.41, 5.74) is -0.0247. The smallest absolute Gasteiger partial charge is 0.146 e. The van der Waals surface area contributed by atoms with E-state index in [0.717, 1.165) is 25.7 Å². The Balaban J connectivity index is 1.50. The highest BCUT2D eigenvalue weighted by Crippen LogP contribution is 2.47. The van der Waals surface area contributed by atoms with Crippen LogP contribution in [-0.2, 0) is 4.79 Å². The minimum Gasteiger partial charge on any atom is -0.298 e. The Morgan fingerprint density at radius 3 is 2.29 bits per heavy atom. The van der Waals surface area contributed by atoms with E-state index in [1.54, 1.807) is 0 Å². The number of hydrogen-bond acceptors (Lipinski definition) is 1. The van der Waals surface area contributed by atoms with E-state index in [4.69, 9.17) is 0 Å². The summed E-state index contributed by atoms with van der Waals surface area (Å²) in [6, 6.07) is 0. The zero-order chi connectivity index (χ0) is 15.0. The van der Waals surface area contributed by atoms with Crippen molar-refractivity contribution < 1.29 is 4.79 Å². The molecule has 0 spiro atoms. The van der Waals surface area contributed by atoms with Gasteiger partial charge in [0, 0.05) is 11.3 Å². The summed E-state index contributed by atoms with van der Waals surface area (Å²) in [5, 5.41) is 0. The van der Waals surface area contributed by atoms with Crippen LogP contribution >= 0.6 is 0 Å². The van der Waals surface area contributed by atoms with Crippen molar-refractivity contribution in [1.29, 1.82) is 0 Å². The van der Waals surface area contributed by atoms with E-state index in [2.05, 4.69) is 19.1 Å². The fourth-order valence-electron chi connectivity index (χ4n) is 4.20. The second-order valence-corrected chi connectivity index (χ2v) is 7.33. The average molecular weight is 290 g/mol. The Bertz CT molecular complexity index is 344. The second-order valence-electron chi connectivity index (χ2n) is 7.33. The van der Waals surface area contributed by atoms with E-state index in [1.807, 2.05) is 0 Å². The lowest BCUT2D eigenvalue weighted by Crippen LogP contribution is -2.29. The van der Waals surface area contributed by atoms with Crippen LogP contribution < -0.4 is 0 Å². The molecule has 0 saturated heterocycles. The molecule has 120 valence electrons. The molecular weight excluding hydrogens is 256 g/mol. The summed E-state index contributed by atoms with van der Waals surface area (Å²) in [5.74, 6) is 0.944. The molecule has 1 saturated carbocycles. The molecule has 2 bridgehead atoms. The highest BCUT2D eigenvalue weighted by Gasteiger charge is 2.46. The Morgan fingerprint density at radius 2 is 1.62 bits per heavy atom. The van der Waals surface area contributed by atoms with Crippen molar-refractivity contribution >= 4 is 5.78 Å². The fraction of sp³-hybridized carbons (Fsp3) is 0.850. The molecule has 0 N–H and O–H groups in total. The van der Waals surface area contributed by atoms with E-state index in [0.29, 0.717) is 11.7 Å². The van der Waals surface area contributed by atoms with E-state index in [1.165, 1.54) is 64.2 Å². The molecule has 2 rings (SSSR count). The Kier molecular flexibility index (Phi) is 6.99. The van der Waals surface area contributed by atoms with Crippen molar-refractivity contribution in [2.24, 2.45) is 11.3 Å². The van der Waals surface area contributed by atoms with E-state index in [-0.39, 0.29) is 5.41 Å². The number of Topliss-reactive ketones (excluding diaryl/α,β-unsaturated/α-hetero) is 1. The first-order valence-electron chi connectivity index (χ1n) is 9.50. The van der Waals surface area contributed by atoms with Crippen LogP contribution in [0.3, 0.4) is 0 Å². The maximum absolute atomic E-state index is 12.3. The van der Waals surface area contributed by atoms with Gasteiger partial charge in [-0.2, -0.15) is 0 Å². The molecule has 0 aromatic heterocycles. The first-order valence-corrected chi connectivity index (χ1v) is 9.50. The van der Waals surface area contributed by atoms with Crippen LogP contribution in [0.4, 0.5) is 0 Å². The summed E-state index contributed by atoms with van der Waals surface area (Å²) >= 11 is 0. The van der Waals surface area contributed by atoms with Crippen LogP contribution in [-0.4, -0.2) is 5.78 Å². The van der Waals surface area contributed by atoms with Crippen LogP contribution in [0.5, 0.6) is 0 Å². The predicted molar refractivity (Wildman–Crippen MR) is 90.4 cm³/mol. The first kappa shape index (κ1) is 16.8. The van der Waals surface area contributed by atoms with Gasteiger partial charge in [0.15, 0.2) is 0 Å². The van der Waals surface area contributed by atoms with Crippen molar-refractivity contribution in [3.05, 3.63) is 12.2 Å². The topological polar surface area (TPSA) is 17.1 Å². The summed E-state index contributed by atoms with van der Waals surface area (Å²) in [6.07, 6.45) is 22.7. The minimum atomic E-state index is -0.0247. The lowest BCUT2D eigenvalue weighted by molar-refractivity contribution is -0.127. The highest BCUT2D eigenvalue weighted by molar-refractivity contribution is 5.92. The maximum atomic E-state index is 12.3. The van der Waals surface area contributed by atoms with Crippen molar-refractivity contribution in [3.8, 4) is 0 Å². The third-order valence-corrected chi connectivity index (χ3v) is 5.63. The number of allylic oxidation sites excluding steroid dienone is 2. The summed E-state index contributed by atoms with van der Waals surface area (Å²) in [6.45, 7) is 2.28. The molecule has 0 unspecified atom stereocenters. The molecule has 21 heavy (non-hydrogen) atoms. The lowest BCUT2D eigenvalue weighted by atomic mass is 9.76. The van der Waals surface area contributed by atoms with E-state index in [9.17, 15) is 4.79 Å². The molecule has 0 aromatic carbocycles. The Morgan fingerprint density at radius 1 is 1.00 bits per heavy atom. The van der Waals surface area contributed by atoms with Gasteiger partial charge in [0.25, 0.3) is 0 Å². The molecule has 0 radical (unpaired) electrons. The predicted octanol–water partition coefficient (Wildman–Crippen LogP) is 6.22. The average Bonchev–Trinajstić information content (AvgIpc) is 2.68. The van der Waals surface area contributed by atoms with Gasteiger partial charge in [-0.05, 0) is 25.7 Å². The van der Waals surface area contributed by atoms with Crippen molar-refractivity contribution in [1.82, 2.24) is 0 Å². The van der Waals surface area contributed by atoms with Crippen molar-refractivity contribution in [2.75, 3.05) is 0 Å². The molecule has 2 aliphatic rings. The van der Waals surface area contributed by atoms with Crippen LogP contribution in [0.15, 0.2) is 12.2 Å². The van der Waals surface area contributed by atoms with Crippen LogP contribution in [0.1, 0.15) is 96.8 Å². The Labute approximate surface area is 131 Å². The number of carbonyl (C=O) groups excluding carboxylic acids is 1. The number of carbonyl (C=O) groups is 1. The fourth-order valence-corrected chi connectivity index (χ4v) is 4.20. The van der Waals surface area contributed by atoms with Gasteiger partial charge in [-0.15, -0.1) is 0 Å². The van der Waals surface area contributed by atoms with Crippen molar-refractivity contribution in [2.45, 2.75) is 96.8 Å². The largest absolute Gasteiger partial charge is 0.298 e. The number of rotatable bonds is 11. The summed E-state index contributed by atoms with van der Waals surface area (Å²) in [7, 11) is 0. The summed E-state index contributed by atoms with van der Waals surface area (Å²) in [4.78, 5) is 12.3. The van der Waals surface area contributed by atoms with Gasteiger partial charge < -0.3 is 0 Å². The van der Waals surface area contributed by atoms with Gasteiger partial charge in [0.1, 0.15) is 5.78 Å². The van der Waals surface area contributed by atoms with Crippen LogP contribution in [0.25, 0.3) is 0 Å². The standard InChI is InChI=1S/C20H34O/c1-2-3-4-5-6-7-8-9-10-11-15-20-16-12-13-18(14-17-20)19(20)21/h12,16,18H,2-11,13-15,17H2,1H3/t18-,20+/m0/s1. The normalized spacial score (nSPS) is 27.5. The Hall–Kier alpha value is -0.590. The number of hydrogen-bond donors (Lipinski definition) is 0. The van der Waals surface area contributed by atoms with Crippen LogP contribution in [0.2, 0.25) is 0 Å². The van der Waals surface area contributed by atoms with Crippen molar-refractivity contribution in [3.63, 3.8) is 0 Å². The molecule has 0 heterocycles. The lowest BCUT2D eigenvalue weighted by Gasteiger charge is -2.27. The molecular formula is C20H34O. The van der Waals surface area contributed by atoms with Gasteiger partial charge in [0.05, 0.1) is 0 Å². The van der Waals surface area contributed by atoms with Crippen LogP contribution in [0, 0.1) is 11.3 Å². The quantitative estimate of drug-likeness (QED) is 0.326. The molecule has 2 atom stereocenters. The highest BCUT2D eigenvalue weighted by atomic mass is 16.1. The molecule has 0 amide bonds. The molecule has 1 nitrogen and oxygen atoms in total. The van der Waals surface area contributed by atoms with Gasteiger partial charge in [-0.25, -0.2) is 0 Å². The number of unbranched alkanes of at least 4 members (excludes halogenated alkanes) is 9. The molecule has 2 aliphatic carbocycles. The molecule has 0 aromatic rings. The van der Waals surface area contributed by atoms with Gasteiger partial charge in [-0.1, -0.05) is 83.3 Å². The number of fused-ring (bicyclic) bond motifs is 2. The zero-order valence-electron chi connectivity index (χ0n) is 14.0. The van der Waals surface area contributed by atoms with Gasteiger partial charge >= 0.3 is 0 Å². The monoisotopic (exact) mass is 290 g/mol. The molecule has 0 aliphatic heterocycles. The first-order chi connectivity index (χ1) is 10.3. The SMILES string of the molecule is CCCCCCCCCCCC[C@@]12C=CC[C@@H](CC1)C2=O.